The number of nitrogen functional groups attached to an aromatic ring is 1. The molecule has 5 aliphatic rings. The summed E-state index contributed by atoms with van der Waals surface area (Å²) in [5.41, 5.74) is 10.6. The Morgan fingerprint density at radius 2 is 1.43 bits per heavy atom. The monoisotopic (exact) mass is 822 g/mol. The van der Waals surface area contributed by atoms with Crippen LogP contribution in [0.2, 0.25) is 0 Å². The summed E-state index contributed by atoms with van der Waals surface area (Å²) in [5, 5.41) is 8.20. The van der Waals surface area contributed by atoms with Crippen LogP contribution in [0.4, 0.5) is 11.5 Å². The van der Waals surface area contributed by atoms with Gasteiger partial charge in [0.2, 0.25) is 11.8 Å². The van der Waals surface area contributed by atoms with Crippen LogP contribution < -0.4 is 20.7 Å². The van der Waals surface area contributed by atoms with Crippen molar-refractivity contribution >= 4 is 46.2 Å². The molecule has 15 nitrogen and oxygen atoms in total. The quantitative estimate of drug-likeness (QED) is 0.185. The number of nitrogens with two attached hydrogens (primary N) is 1. The van der Waals surface area contributed by atoms with Gasteiger partial charge >= 0.3 is 0 Å². The predicted octanol–water partition coefficient (Wildman–Crippen LogP) is 5.29. The second-order valence-electron chi connectivity index (χ2n) is 17.1. The fourth-order valence-corrected chi connectivity index (χ4v) is 10.1. The minimum absolute atomic E-state index is 0.103. The van der Waals surface area contributed by atoms with Crippen LogP contribution in [0.1, 0.15) is 78.1 Å². The number of nitrogens with zero attached hydrogens (tertiary/aromatic N) is 8. The van der Waals surface area contributed by atoms with Gasteiger partial charge in [-0.1, -0.05) is 18.2 Å². The van der Waals surface area contributed by atoms with E-state index in [0.717, 1.165) is 129 Å². The minimum atomic E-state index is -0.960. The third-order valence-corrected chi connectivity index (χ3v) is 13.5. The van der Waals surface area contributed by atoms with Gasteiger partial charge in [-0.05, 0) is 105 Å². The van der Waals surface area contributed by atoms with Crippen LogP contribution in [-0.4, -0.2) is 116 Å². The Bertz CT molecular complexity index is 2470. The molecule has 0 spiro atoms. The molecule has 1 saturated carbocycles. The summed E-state index contributed by atoms with van der Waals surface area (Å²) in [7, 11) is 0. The average Bonchev–Trinajstić information content (AvgIpc) is 3.80. The lowest BCUT2D eigenvalue weighted by Gasteiger charge is -2.43. The molecule has 1 atom stereocenters. The summed E-state index contributed by atoms with van der Waals surface area (Å²) in [5.74, 6) is 0.663. The number of benzene rings is 3. The van der Waals surface area contributed by atoms with Gasteiger partial charge < -0.3 is 20.3 Å². The Labute approximate surface area is 353 Å². The molecule has 4 aliphatic heterocycles. The second kappa shape index (κ2) is 16.3. The number of fused-ring (bicyclic) bond motifs is 2. The van der Waals surface area contributed by atoms with Crippen molar-refractivity contribution in [3.05, 3.63) is 90.3 Å². The maximum Gasteiger partial charge on any atom is 0.262 e. The molecule has 0 radical (unpaired) electrons. The van der Waals surface area contributed by atoms with Crippen molar-refractivity contribution < 1.29 is 23.9 Å². The highest BCUT2D eigenvalue weighted by Gasteiger charge is 2.45. The molecule has 0 bridgehead atoms. The number of carbonyl (C=O) groups excluding carboxylic acids is 4. The molecule has 10 rings (SSSR count). The zero-order valence-corrected chi connectivity index (χ0v) is 34.1. The SMILES string of the molecule is Nc1ncnc2c1c(-c1ccc(Oc3ccccc3)cc1)nn2C1CCC(N2CCN(CC3CCN(c4ccc5c(c4)C(=O)N(C4CCC(=O)NC4=O)C5=O)CC3)CC2)CC1. The highest BCUT2D eigenvalue weighted by atomic mass is 16.5. The van der Waals surface area contributed by atoms with Crippen molar-refractivity contribution in [3.63, 3.8) is 0 Å². The number of ether oxygens (including phenoxy) is 1. The summed E-state index contributed by atoms with van der Waals surface area (Å²) < 4.78 is 8.12. The number of hydrogen-bond acceptors (Lipinski definition) is 12. The van der Waals surface area contributed by atoms with Crippen molar-refractivity contribution in [2.24, 2.45) is 5.92 Å². The number of carbonyl (C=O) groups is 4. The van der Waals surface area contributed by atoms with Crippen LogP contribution in [0.3, 0.4) is 0 Å². The number of aromatic nitrogens is 4. The number of anilines is 2. The molecule has 1 unspecified atom stereocenters. The Kier molecular flexibility index (Phi) is 10.4. The normalized spacial score (nSPS) is 23.1. The smallest absolute Gasteiger partial charge is 0.262 e. The third-order valence-electron chi connectivity index (χ3n) is 13.5. The number of piperazine rings is 1. The molecular formula is C46H50N10O5. The summed E-state index contributed by atoms with van der Waals surface area (Å²) in [4.78, 5) is 68.3. The van der Waals surface area contributed by atoms with Crippen molar-refractivity contribution in [3.8, 4) is 22.8 Å². The van der Waals surface area contributed by atoms with Gasteiger partial charge in [-0.2, -0.15) is 5.10 Å². The predicted molar refractivity (Wildman–Crippen MR) is 229 cm³/mol. The minimum Gasteiger partial charge on any atom is -0.457 e. The van der Waals surface area contributed by atoms with Crippen LogP contribution >= 0.6 is 0 Å². The average molecular weight is 823 g/mol. The highest BCUT2D eigenvalue weighted by molar-refractivity contribution is 6.23. The molecule has 314 valence electrons. The molecule has 4 fully saturated rings. The lowest BCUT2D eigenvalue weighted by molar-refractivity contribution is -0.136. The Morgan fingerprint density at radius 3 is 2.16 bits per heavy atom. The Hall–Kier alpha value is -6.19. The van der Waals surface area contributed by atoms with Gasteiger partial charge in [-0.25, -0.2) is 14.6 Å². The summed E-state index contributed by atoms with van der Waals surface area (Å²) >= 11 is 0. The van der Waals surface area contributed by atoms with E-state index in [2.05, 4.69) is 34.7 Å². The Morgan fingerprint density at radius 1 is 0.721 bits per heavy atom. The first-order valence-electron chi connectivity index (χ1n) is 21.7. The zero-order chi connectivity index (χ0) is 41.6. The molecular weight excluding hydrogens is 773 g/mol. The van der Waals surface area contributed by atoms with E-state index >= 15 is 0 Å². The van der Waals surface area contributed by atoms with Crippen LogP contribution in [0, 0.1) is 5.92 Å². The van der Waals surface area contributed by atoms with Crippen molar-refractivity contribution in [2.75, 3.05) is 56.4 Å². The molecule has 3 aromatic carbocycles. The van der Waals surface area contributed by atoms with Gasteiger partial charge in [0.05, 0.1) is 22.6 Å². The number of rotatable bonds is 9. The number of amides is 4. The fourth-order valence-electron chi connectivity index (χ4n) is 10.1. The number of nitrogens with one attached hydrogen (secondary N) is 1. The first-order chi connectivity index (χ1) is 29.8. The molecule has 3 N–H and O–H groups in total. The van der Waals surface area contributed by atoms with Crippen molar-refractivity contribution in [1.82, 2.24) is 39.8 Å². The number of piperidine rings is 2. The fraction of sp³-hybridized carbons (Fsp3) is 0.413. The summed E-state index contributed by atoms with van der Waals surface area (Å²) in [6.07, 6.45) is 8.19. The molecule has 5 aromatic rings. The topological polar surface area (TPSA) is 172 Å². The molecule has 4 amide bonds. The molecule has 61 heavy (non-hydrogen) atoms. The maximum atomic E-state index is 13.4. The lowest BCUT2D eigenvalue weighted by atomic mass is 9.89. The largest absolute Gasteiger partial charge is 0.457 e. The zero-order valence-electron chi connectivity index (χ0n) is 34.1. The van der Waals surface area contributed by atoms with E-state index in [4.69, 9.17) is 15.6 Å². The molecule has 3 saturated heterocycles. The van der Waals surface area contributed by atoms with Crippen molar-refractivity contribution in [1.29, 1.82) is 0 Å². The molecule has 15 heteroatoms. The van der Waals surface area contributed by atoms with E-state index in [9.17, 15) is 19.2 Å². The van der Waals surface area contributed by atoms with Gasteiger partial charge in [-0.15, -0.1) is 0 Å². The maximum absolute atomic E-state index is 13.4. The van der Waals surface area contributed by atoms with Crippen LogP contribution in [0.5, 0.6) is 11.5 Å². The highest BCUT2D eigenvalue weighted by Crippen LogP contribution is 2.38. The van der Waals surface area contributed by atoms with Crippen LogP contribution in [-0.2, 0) is 9.59 Å². The summed E-state index contributed by atoms with van der Waals surface area (Å²) in [6, 6.07) is 22.9. The standard InChI is InChI=1S/C46H50N10O5/c47-42-40-41(30-6-13-35(14-7-30)61-34-4-2-1-3-5-34)51-56(43(40)49-28-48-42)32-10-8-31(9-11-32)54-24-22-52(23-25-54)27-29-18-20-53(21-19-29)33-12-15-36-37(26-33)46(60)55(45(36)59)38-16-17-39(57)50-44(38)58/h1-7,12-15,26,28-29,31-32,38H,8-11,16-25,27H2,(H2,47,48,49)(H,50,57,58). The third kappa shape index (κ3) is 7.61. The lowest BCUT2D eigenvalue weighted by Crippen LogP contribution is -2.54. The first-order valence-corrected chi connectivity index (χ1v) is 21.7. The van der Waals surface area contributed by atoms with E-state index in [-0.39, 0.29) is 24.8 Å². The van der Waals surface area contributed by atoms with E-state index < -0.39 is 23.8 Å². The molecule has 1 aliphatic carbocycles. The second-order valence-corrected chi connectivity index (χ2v) is 17.1. The number of imide groups is 2. The van der Waals surface area contributed by atoms with Crippen molar-refractivity contribution in [2.45, 2.75) is 69.5 Å². The van der Waals surface area contributed by atoms with Gasteiger partial charge in [-0.3, -0.25) is 34.3 Å². The van der Waals surface area contributed by atoms with E-state index in [1.54, 1.807) is 12.1 Å². The Balaban J connectivity index is 0.703. The van der Waals surface area contributed by atoms with Crippen LogP contribution in [0.15, 0.2) is 79.1 Å². The van der Waals surface area contributed by atoms with Gasteiger partial charge in [0.25, 0.3) is 11.8 Å². The van der Waals surface area contributed by atoms with E-state index in [1.165, 1.54) is 6.33 Å². The molecule has 6 heterocycles. The van der Waals surface area contributed by atoms with Gasteiger partial charge in [0.1, 0.15) is 35.4 Å². The first kappa shape index (κ1) is 39.0. The summed E-state index contributed by atoms with van der Waals surface area (Å²) in [6.45, 7) is 7.16. The van der Waals surface area contributed by atoms with E-state index in [1.807, 2.05) is 60.7 Å². The van der Waals surface area contributed by atoms with Gasteiger partial charge in [0, 0.05) is 69.5 Å². The number of hydrogen-bond donors (Lipinski definition) is 2. The number of para-hydroxylation sites is 1. The van der Waals surface area contributed by atoms with E-state index in [0.29, 0.717) is 28.9 Å². The molecule has 2 aromatic heterocycles. The van der Waals surface area contributed by atoms with Gasteiger partial charge in [0.15, 0.2) is 5.65 Å². The van der Waals surface area contributed by atoms with Crippen LogP contribution in [0.25, 0.3) is 22.3 Å².